The van der Waals surface area contributed by atoms with Crippen molar-refractivity contribution in [3.63, 3.8) is 0 Å². The van der Waals surface area contributed by atoms with E-state index in [1.165, 1.54) is 35.1 Å². The number of allylic oxidation sites excluding steroid dienone is 2. The van der Waals surface area contributed by atoms with E-state index >= 15 is 4.21 Å². The van der Waals surface area contributed by atoms with Crippen LogP contribution in [-0.2, 0) is 23.1 Å². The van der Waals surface area contributed by atoms with Crippen LogP contribution < -0.4 is 5.32 Å². The predicted molar refractivity (Wildman–Crippen MR) is 180 cm³/mol. The van der Waals surface area contributed by atoms with Gasteiger partial charge in [-0.3, -0.25) is 18.5 Å². The lowest BCUT2D eigenvalue weighted by Crippen LogP contribution is -2.53. The van der Waals surface area contributed by atoms with E-state index < -0.39 is 46.9 Å². The first-order chi connectivity index (χ1) is 22.3. The number of anilines is 1. The Bertz CT molecular complexity index is 1940. The highest BCUT2D eigenvalue weighted by molar-refractivity contribution is 7.92. The van der Waals surface area contributed by atoms with Crippen molar-refractivity contribution in [2.45, 2.75) is 62.8 Å². The molecule has 2 aromatic heterocycles. The first-order valence-electron chi connectivity index (χ1n) is 15.4. The number of halogens is 4. The number of alkyl halides is 3. The van der Waals surface area contributed by atoms with Gasteiger partial charge in [0.25, 0.3) is 0 Å². The average molecular weight is 702 g/mol. The van der Waals surface area contributed by atoms with E-state index in [-0.39, 0.29) is 36.7 Å². The van der Waals surface area contributed by atoms with E-state index in [0.29, 0.717) is 27.4 Å². The molecule has 2 atom stereocenters. The minimum atomic E-state index is -4.71. The summed E-state index contributed by atoms with van der Waals surface area (Å²) in [7, 11) is -4.29. The molecule has 48 heavy (non-hydrogen) atoms. The van der Waals surface area contributed by atoms with Crippen LogP contribution in [0.2, 0.25) is 18.1 Å². The Morgan fingerprint density at radius 1 is 1.17 bits per heavy atom. The number of piperidine rings is 1. The fourth-order valence-corrected chi connectivity index (χ4v) is 11.7. The maximum atomic E-state index is 15.4. The Morgan fingerprint density at radius 3 is 2.44 bits per heavy atom. The molecule has 1 aromatic carbocycles. The number of Topliss-reactive ketones (excluding diaryl/α,β-unsaturated/α-hetero) is 1. The van der Waals surface area contributed by atoms with Gasteiger partial charge in [-0.25, -0.2) is 12.9 Å². The standard InChI is InChI=1S/C33H39F4N7O2SSi/c1-31(2,3)48(5,6)42-47(46,27-19-40-43(4)20-27)44-14-12-23-15-28(41-26-9-7-25(34)8-10-26)22(18-38)17-32(23,21-44)30(45)29-16-24(11-13-39-29)33(35,36)37/h7-11,13,15-16,18-20,38,41H,12,14,17,21H2,1-6H3/t32-,47?/m0/s1. The van der Waals surface area contributed by atoms with Crippen molar-refractivity contribution >= 4 is 35.8 Å². The molecule has 1 saturated heterocycles. The van der Waals surface area contributed by atoms with E-state index in [1.807, 2.05) is 33.9 Å². The van der Waals surface area contributed by atoms with E-state index in [2.05, 4.69) is 15.4 Å². The minimum Gasteiger partial charge on any atom is -0.355 e. The molecule has 15 heteroatoms. The number of ketones is 1. The second-order valence-electron chi connectivity index (χ2n) is 13.8. The van der Waals surface area contributed by atoms with Crippen LogP contribution in [0.1, 0.15) is 49.7 Å². The number of aryl methyl sites for hydroxylation is 1. The van der Waals surface area contributed by atoms with Gasteiger partial charge >= 0.3 is 6.18 Å². The molecule has 3 aromatic rings. The number of aromatic nitrogens is 3. The van der Waals surface area contributed by atoms with E-state index in [1.54, 1.807) is 23.6 Å². The summed E-state index contributed by atoms with van der Waals surface area (Å²) in [5, 5.41) is 15.5. The average Bonchev–Trinajstić information content (AvgIpc) is 3.47. The monoisotopic (exact) mass is 701 g/mol. The van der Waals surface area contributed by atoms with Crippen LogP contribution in [0.3, 0.4) is 0 Å². The second kappa shape index (κ2) is 12.5. The fraction of sp³-hybridized carbons (Fsp3) is 0.394. The fourth-order valence-electron chi connectivity index (χ4n) is 5.69. The van der Waals surface area contributed by atoms with Crippen molar-refractivity contribution in [1.82, 2.24) is 19.1 Å². The molecule has 0 saturated carbocycles. The molecule has 5 rings (SSSR count). The van der Waals surface area contributed by atoms with E-state index in [0.717, 1.165) is 24.5 Å². The molecule has 2 N–H and O–H groups in total. The van der Waals surface area contributed by atoms with Crippen molar-refractivity contribution < 1.29 is 26.6 Å². The lowest BCUT2D eigenvalue weighted by molar-refractivity contribution is -0.137. The maximum Gasteiger partial charge on any atom is 0.416 e. The Hall–Kier alpha value is -3.95. The Balaban J connectivity index is 1.69. The Morgan fingerprint density at radius 2 is 1.85 bits per heavy atom. The molecule has 2 aliphatic rings. The molecule has 1 fully saturated rings. The molecule has 1 unspecified atom stereocenters. The van der Waals surface area contributed by atoms with Crippen LogP contribution in [0.15, 0.2) is 86.8 Å². The molecule has 3 heterocycles. The summed E-state index contributed by atoms with van der Waals surface area (Å²) in [6.07, 6.45) is 2.36. The van der Waals surface area contributed by atoms with Gasteiger partial charge in [0, 0.05) is 50.1 Å². The highest BCUT2D eigenvalue weighted by Gasteiger charge is 2.52. The van der Waals surface area contributed by atoms with Crippen molar-refractivity contribution in [3.05, 3.63) is 95.0 Å². The Labute approximate surface area is 279 Å². The van der Waals surface area contributed by atoms with Gasteiger partial charge < -0.3 is 10.7 Å². The summed E-state index contributed by atoms with van der Waals surface area (Å²) in [6.45, 7) is 10.3. The second-order valence-corrected chi connectivity index (χ2v) is 21.1. The van der Waals surface area contributed by atoms with Gasteiger partial charge in [0.2, 0.25) is 0 Å². The molecule has 0 amide bonds. The SMILES string of the molecule is Cn1cc(S(=O)(=N[Si](C)(C)C(C)(C)C)N2CCC3=CC(Nc4ccc(F)cc4)=C(C=N)C[C@]3(C(=O)c3cc(C(F)(F)F)ccn3)C2)cn1. The number of hydrogen-bond donors (Lipinski definition) is 2. The van der Waals surface area contributed by atoms with Crippen LogP contribution in [0.25, 0.3) is 0 Å². The Kier molecular flexibility index (Phi) is 9.20. The molecule has 1 aliphatic carbocycles. The highest BCUT2D eigenvalue weighted by atomic mass is 32.2. The number of rotatable bonds is 8. The lowest BCUT2D eigenvalue weighted by atomic mass is 9.65. The summed E-state index contributed by atoms with van der Waals surface area (Å²) in [5.41, 5.74) is -0.890. The number of carbonyl (C=O) groups is 1. The van der Waals surface area contributed by atoms with Crippen LogP contribution in [0.5, 0.6) is 0 Å². The van der Waals surface area contributed by atoms with Gasteiger partial charge in [0.1, 0.15) is 21.4 Å². The molecule has 1 aliphatic heterocycles. The first kappa shape index (κ1) is 35.4. The molecule has 0 radical (unpaired) electrons. The third kappa shape index (κ3) is 6.67. The summed E-state index contributed by atoms with van der Waals surface area (Å²) in [6, 6.07) is 7.20. The topological polar surface area (TPSA) is 116 Å². The van der Waals surface area contributed by atoms with E-state index in [9.17, 15) is 22.4 Å². The summed E-state index contributed by atoms with van der Waals surface area (Å²) < 4.78 is 78.7. The summed E-state index contributed by atoms with van der Waals surface area (Å²) >= 11 is 0. The maximum absolute atomic E-state index is 15.4. The van der Waals surface area contributed by atoms with Gasteiger partial charge in [-0.2, -0.15) is 18.3 Å². The molecule has 0 spiro atoms. The number of hydrogen-bond acceptors (Lipinski definition) is 7. The zero-order valence-corrected chi connectivity index (χ0v) is 29.5. The van der Waals surface area contributed by atoms with Crippen LogP contribution in [-0.4, -0.2) is 56.6 Å². The van der Waals surface area contributed by atoms with Crippen molar-refractivity contribution in [2.24, 2.45) is 16.5 Å². The first-order valence-corrected chi connectivity index (χ1v) is 19.8. The number of fused-ring (bicyclic) bond motifs is 1. The van der Waals surface area contributed by atoms with Gasteiger partial charge in [-0.05, 0) is 79.0 Å². The van der Waals surface area contributed by atoms with Crippen molar-refractivity contribution in [3.8, 4) is 0 Å². The number of nitrogens with zero attached hydrogens (tertiary/aromatic N) is 5. The van der Waals surface area contributed by atoms with Crippen LogP contribution in [0, 0.1) is 16.6 Å². The molecule has 9 nitrogen and oxygen atoms in total. The van der Waals surface area contributed by atoms with Crippen molar-refractivity contribution in [1.29, 1.82) is 5.41 Å². The normalized spacial score (nSPS) is 20.4. The molecular formula is C33H39F4N7O2SSi. The third-order valence-electron chi connectivity index (χ3n) is 9.43. The zero-order chi connectivity index (χ0) is 35.3. The predicted octanol–water partition coefficient (Wildman–Crippen LogP) is 7.64. The number of pyridine rings is 1. The molecule has 0 bridgehead atoms. The smallest absolute Gasteiger partial charge is 0.355 e. The van der Waals surface area contributed by atoms with Crippen molar-refractivity contribution in [2.75, 3.05) is 18.4 Å². The van der Waals surface area contributed by atoms with Gasteiger partial charge in [-0.15, -0.1) is 0 Å². The summed E-state index contributed by atoms with van der Waals surface area (Å²) in [4.78, 5) is 19.1. The van der Waals surface area contributed by atoms with Gasteiger partial charge in [-0.1, -0.05) is 26.3 Å². The third-order valence-corrected chi connectivity index (χ3v) is 17.7. The number of benzene rings is 1. The quantitative estimate of drug-likeness (QED) is 0.108. The molecular weight excluding hydrogens is 663 g/mol. The molecule has 256 valence electrons. The summed E-state index contributed by atoms with van der Waals surface area (Å²) in [5.74, 6) is -1.10. The van der Waals surface area contributed by atoms with Crippen LogP contribution >= 0.6 is 0 Å². The number of carbonyl (C=O) groups excluding carboxylic acids is 1. The van der Waals surface area contributed by atoms with Gasteiger partial charge in [0.05, 0.1) is 22.1 Å². The van der Waals surface area contributed by atoms with Gasteiger partial charge in [0.15, 0.2) is 14.0 Å². The highest BCUT2D eigenvalue weighted by Crippen LogP contribution is 2.49. The number of nitrogens with one attached hydrogen (secondary N) is 2. The largest absolute Gasteiger partial charge is 0.416 e. The minimum absolute atomic E-state index is 0.0816. The lowest BCUT2D eigenvalue weighted by Gasteiger charge is -2.47. The van der Waals surface area contributed by atoms with E-state index in [4.69, 9.17) is 9.44 Å². The van der Waals surface area contributed by atoms with Crippen LogP contribution in [0.4, 0.5) is 23.2 Å². The zero-order valence-electron chi connectivity index (χ0n) is 27.7.